The summed E-state index contributed by atoms with van der Waals surface area (Å²) in [5.41, 5.74) is 1.48. The number of thiophene rings is 1. The lowest BCUT2D eigenvalue weighted by Gasteiger charge is -2.31. The highest BCUT2D eigenvalue weighted by Gasteiger charge is 2.16. The summed E-state index contributed by atoms with van der Waals surface area (Å²) < 4.78 is 0. The van der Waals surface area contributed by atoms with Gasteiger partial charge < -0.3 is 10.2 Å². The maximum atomic E-state index is 3.68. The average molecular weight is 238 g/mol. The van der Waals surface area contributed by atoms with Crippen molar-refractivity contribution in [3.8, 4) is 0 Å². The summed E-state index contributed by atoms with van der Waals surface area (Å²) in [5.74, 6) is 0. The van der Waals surface area contributed by atoms with E-state index >= 15 is 0 Å². The Balaban J connectivity index is 1.60. The molecular formula is C13H22N2S. The highest BCUT2D eigenvalue weighted by Crippen LogP contribution is 2.10. The van der Waals surface area contributed by atoms with Crippen LogP contribution < -0.4 is 5.32 Å². The van der Waals surface area contributed by atoms with Crippen LogP contribution in [0.1, 0.15) is 25.3 Å². The first-order chi connectivity index (χ1) is 7.88. The minimum atomic E-state index is 0.751. The van der Waals surface area contributed by atoms with Gasteiger partial charge in [-0.25, -0.2) is 0 Å². The van der Waals surface area contributed by atoms with E-state index in [1.807, 2.05) is 0 Å². The normalized spacial score (nSPS) is 19.1. The monoisotopic (exact) mass is 238 g/mol. The Kier molecular flexibility index (Phi) is 4.82. The van der Waals surface area contributed by atoms with Crippen molar-refractivity contribution >= 4 is 11.3 Å². The fourth-order valence-electron chi connectivity index (χ4n) is 2.31. The second-order valence-electron chi connectivity index (χ2n) is 4.54. The number of nitrogens with one attached hydrogen (secondary N) is 1. The number of nitrogens with zero attached hydrogens (tertiary/aromatic N) is 1. The van der Waals surface area contributed by atoms with Crippen LogP contribution in [0, 0.1) is 0 Å². The predicted molar refractivity (Wildman–Crippen MR) is 71.2 cm³/mol. The molecule has 2 rings (SSSR count). The van der Waals surface area contributed by atoms with Crippen LogP contribution in [0.5, 0.6) is 0 Å². The van der Waals surface area contributed by atoms with Crippen molar-refractivity contribution in [2.45, 2.75) is 32.2 Å². The Morgan fingerprint density at radius 3 is 2.88 bits per heavy atom. The molecule has 16 heavy (non-hydrogen) atoms. The van der Waals surface area contributed by atoms with E-state index in [2.05, 4.69) is 34.0 Å². The maximum Gasteiger partial charge on any atom is 0.00915 e. The summed E-state index contributed by atoms with van der Waals surface area (Å²) in [7, 11) is 0. The van der Waals surface area contributed by atoms with Crippen LogP contribution in [0.25, 0.3) is 0 Å². The molecule has 1 aliphatic heterocycles. The Hall–Kier alpha value is -0.380. The molecule has 1 fully saturated rings. The number of likely N-dealkylation sites (tertiary alicyclic amines) is 1. The summed E-state index contributed by atoms with van der Waals surface area (Å²) in [4.78, 5) is 2.54. The highest BCUT2D eigenvalue weighted by atomic mass is 32.1. The molecule has 1 aromatic heterocycles. The Morgan fingerprint density at radius 2 is 2.25 bits per heavy atom. The van der Waals surface area contributed by atoms with Crippen molar-refractivity contribution < 1.29 is 0 Å². The quantitative estimate of drug-likeness (QED) is 0.847. The molecule has 1 N–H and O–H groups in total. The summed E-state index contributed by atoms with van der Waals surface area (Å²) >= 11 is 1.79. The third-order valence-electron chi connectivity index (χ3n) is 3.46. The van der Waals surface area contributed by atoms with E-state index in [0.29, 0.717) is 0 Å². The minimum absolute atomic E-state index is 0.751. The van der Waals surface area contributed by atoms with Gasteiger partial charge in [-0.05, 0) is 67.8 Å². The van der Waals surface area contributed by atoms with Gasteiger partial charge in [0.2, 0.25) is 0 Å². The molecule has 0 radical (unpaired) electrons. The Morgan fingerprint density at radius 1 is 1.44 bits per heavy atom. The van der Waals surface area contributed by atoms with Crippen LogP contribution in [-0.4, -0.2) is 37.1 Å². The van der Waals surface area contributed by atoms with E-state index in [9.17, 15) is 0 Å². The summed E-state index contributed by atoms with van der Waals surface area (Å²) in [6, 6.07) is 2.98. The lowest BCUT2D eigenvalue weighted by Crippen LogP contribution is -2.42. The van der Waals surface area contributed by atoms with Gasteiger partial charge in [0, 0.05) is 6.04 Å². The zero-order valence-corrected chi connectivity index (χ0v) is 10.9. The fourth-order valence-corrected chi connectivity index (χ4v) is 3.01. The second-order valence-corrected chi connectivity index (χ2v) is 5.32. The first-order valence-electron chi connectivity index (χ1n) is 6.35. The summed E-state index contributed by atoms with van der Waals surface area (Å²) in [6.45, 7) is 7.14. The van der Waals surface area contributed by atoms with Gasteiger partial charge in [0.15, 0.2) is 0 Å². The predicted octanol–water partition coefficient (Wildman–Crippen LogP) is 2.36. The maximum absolute atomic E-state index is 3.68. The van der Waals surface area contributed by atoms with Crippen LogP contribution in [0.4, 0.5) is 0 Å². The van der Waals surface area contributed by atoms with Crippen molar-refractivity contribution in [3.63, 3.8) is 0 Å². The molecular weight excluding hydrogens is 216 g/mol. The van der Waals surface area contributed by atoms with E-state index in [0.717, 1.165) is 12.6 Å². The highest BCUT2D eigenvalue weighted by molar-refractivity contribution is 7.07. The van der Waals surface area contributed by atoms with Gasteiger partial charge in [-0.2, -0.15) is 11.3 Å². The molecule has 90 valence electrons. The molecule has 0 spiro atoms. The van der Waals surface area contributed by atoms with Crippen molar-refractivity contribution in [1.82, 2.24) is 10.2 Å². The zero-order chi connectivity index (χ0) is 11.2. The van der Waals surface area contributed by atoms with Crippen molar-refractivity contribution in [1.29, 1.82) is 0 Å². The number of piperidine rings is 1. The summed E-state index contributed by atoms with van der Waals surface area (Å²) in [6.07, 6.45) is 3.81. The second kappa shape index (κ2) is 6.38. The smallest absolute Gasteiger partial charge is 0.00915 e. The van der Waals surface area contributed by atoms with Gasteiger partial charge in [-0.3, -0.25) is 0 Å². The van der Waals surface area contributed by atoms with Gasteiger partial charge in [0.25, 0.3) is 0 Å². The number of hydrogen-bond acceptors (Lipinski definition) is 3. The van der Waals surface area contributed by atoms with Crippen LogP contribution in [-0.2, 0) is 6.42 Å². The topological polar surface area (TPSA) is 15.3 Å². The molecule has 2 heterocycles. The molecule has 0 bridgehead atoms. The summed E-state index contributed by atoms with van der Waals surface area (Å²) in [5, 5.41) is 8.10. The van der Waals surface area contributed by atoms with Gasteiger partial charge in [0.05, 0.1) is 0 Å². The third kappa shape index (κ3) is 3.58. The molecule has 0 atom stereocenters. The molecule has 1 aromatic rings. The largest absolute Gasteiger partial charge is 0.314 e. The first kappa shape index (κ1) is 12.1. The molecule has 1 saturated heterocycles. The van der Waals surface area contributed by atoms with E-state index in [4.69, 9.17) is 0 Å². The molecule has 3 heteroatoms. The standard InChI is InChI=1S/C13H22N2S/c1-2-15-8-4-13(5-9-15)14-7-3-12-6-10-16-11-12/h6,10-11,13-14H,2-5,7-9H2,1H3. The van der Waals surface area contributed by atoms with Gasteiger partial charge >= 0.3 is 0 Å². The van der Waals surface area contributed by atoms with E-state index in [-0.39, 0.29) is 0 Å². The van der Waals surface area contributed by atoms with Crippen LogP contribution in [0.2, 0.25) is 0 Å². The Labute approximate surface area is 103 Å². The zero-order valence-electron chi connectivity index (χ0n) is 10.1. The van der Waals surface area contributed by atoms with Crippen LogP contribution in [0.15, 0.2) is 16.8 Å². The Bertz CT molecular complexity index is 276. The average Bonchev–Trinajstić information content (AvgIpc) is 2.83. The first-order valence-corrected chi connectivity index (χ1v) is 7.29. The van der Waals surface area contributed by atoms with Crippen LogP contribution in [0.3, 0.4) is 0 Å². The van der Waals surface area contributed by atoms with Crippen molar-refractivity contribution in [3.05, 3.63) is 22.4 Å². The molecule has 1 aliphatic rings. The van der Waals surface area contributed by atoms with Crippen LogP contribution >= 0.6 is 11.3 Å². The molecule has 0 amide bonds. The van der Waals surface area contributed by atoms with Gasteiger partial charge in [-0.15, -0.1) is 0 Å². The van der Waals surface area contributed by atoms with E-state index < -0.39 is 0 Å². The molecule has 0 unspecified atom stereocenters. The minimum Gasteiger partial charge on any atom is -0.314 e. The molecule has 0 aliphatic carbocycles. The van der Waals surface area contributed by atoms with Gasteiger partial charge in [-0.1, -0.05) is 6.92 Å². The van der Waals surface area contributed by atoms with E-state index in [1.54, 1.807) is 11.3 Å². The SMILES string of the molecule is CCN1CCC(NCCc2ccsc2)CC1. The van der Waals surface area contributed by atoms with Crippen molar-refractivity contribution in [2.24, 2.45) is 0 Å². The van der Waals surface area contributed by atoms with E-state index in [1.165, 1.54) is 44.5 Å². The van der Waals surface area contributed by atoms with Gasteiger partial charge in [0.1, 0.15) is 0 Å². The van der Waals surface area contributed by atoms with Crippen molar-refractivity contribution in [2.75, 3.05) is 26.2 Å². The number of hydrogen-bond donors (Lipinski definition) is 1. The third-order valence-corrected chi connectivity index (χ3v) is 4.19. The fraction of sp³-hybridized carbons (Fsp3) is 0.692. The lowest BCUT2D eigenvalue weighted by atomic mass is 10.0. The number of rotatable bonds is 5. The molecule has 0 saturated carbocycles. The molecule has 2 nitrogen and oxygen atoms in total. The lowest BCUT2D eigenvalue weighted by molar-refractivity contribution is 0.207. The molecule has 0 aromatic carbocycles.